The number of nitrogens with one attached hydrogen (secondary N) is 1. The monoisotopic (exact) mass is 244 g/mol. The van der Waals surface area contributed by atoms with E-state index >= 15 is 0 Å². The van der Waals surface area contributed by atoms with Crippen LogP contribution in [0.4, 0.5) is 0 Å². The molecule has 1 N–H and O–H groups in total. The molecular weight excluding hydrogens is 220 g/mol. The van der Waals surface area contributed by atoms with Gasteiger partial charge in [0.05, 0.1) is 13.2 Å². The number of amides is 1. The predicted molar refractivity (Wildman–Crippen MR) is 66.0 cm³/mol. The average molecular weight is 244 g/mol. The summed E-state index contributed by atoms with van der Waals surface area (Å²) in [4.78, 5) is 13.6. The Morgan fingerprint density at radius 2 is 2.00 bits per heavy atom. The van der Waals surface area contributed by atoms with Gasteiger partial charge in [-0.2, -0.15) is 0 Å². The molecule has 0 bridgehead atoms. The highest BCUT2D eigenvalue weighted by molar-refractivity contribution is 5.77. The molecule has 0 aliphatic carbocycles. The van der Waals surface area contributed by atoms with Gasteiger partial charge in [0.2, 0.25) is 5.91 Å². The van der Waals surface area contributed by atoms with Crippen LogP contribution in [0.1, 0.15) is 19.8 Å². The first-order chi connectivity index (χ1) is 8.34. The molecule has 100 valence electrons. The van der Waals surface area contributed by atoms with Crippen LogP contribution in [0, 0.1) is 0 Å². The quantitative estimate of drug-likeness (QED) is 0.652. The molecule has 1 aliphatic rings. The van der Waals surface area contributed by atoms with E-state index in [-0.39, 0.29) is 12.5 Å². The van der Waals surface area contributed by atoms with Crippen LogP contribution in [-0.2, 0) is 14.3 Å². The minimum Gasteiger partial charge on any atom is -0.379 e. The van der Waals surface area contributed by atoms with Crippen molar-refractivity contribution in [3.8, 4) is 0 Å². The number of carbonyl (C=O) groups is 1. The molecule has 5 heteroatoms. The molecule has 0 aromatic rings. The number of hydrogen-bond acceptors (Lipinski definition) is 4. The Morgan fingerprint density at radius 1 is 1.18 bits per heavy atom. The number of rotatable bonds is 7. The van der Waals surface area contributed by atoms with E-state index in [0.717, 1.165) is 45.6 Å². The fraction of sp³-hybridized carbons (Fsp3) is 0.917. The van der Waals surface area contributed by atoms with E-state index < -0.39 is 0 Å². The summed E-state index contributed by atoms with van der Waals surface area (Å²) in [5.74, 6) is 0.0872. The minimum atomic E-state index is 0.0872. The van der Waals surface area contributed by atoms with Crippen LogP contribution in [-0.4, -0.2) is 63.4 Å². The second-order valence-electron chi connectivity index (χ2n) is 4.15. The molecular formula is C12H24N2O3. The van der Waals surface area contributed by atoms with Crippen LogP contribution >= 0.6 is 0 Å². The lowest BCUT2D eigenvalue weighted by molar-refractivity contribution is -0.136. The molecule has 0 spiro atoms. The van der Waals surface area contributed by atoms with Crippen molar-refractivity contribution in [2.75, 3.05) is 52.6 Å². The van der Waals surface area contributed by atoms with Crippen LogP contribution < -0.4 is 5.32 Å². The molecule has 0 saturated carbocycles. The normalized spacial score (nSPS) is 16.9. The third-order valence-electron chi connectivity index (χ3n) is 2.64. The summed E-state index contributed by atoms with van der Waals surface area (Å²) in [5.41, 5.74) is 0. The van der Waals surface area contributed by atoms with Gasteiger partial charge >= 0.3 is 0 Å². The van der Waals surface area contributed by atoms with Gasteiger partial charge in [-0.15, -0.1) is 0 Å². The molecule has 0 unspecified atom stereocenters. The SMILES string of the molecule is CCCOCCOCC(=O)N1CCCNCC1. The van der Waals surface area contributed by atoms with Crippen molar-refractivity contribution in [1.82, 2.24) is 10.2 Å². The molecule has 0 atom stereocenters. The van der Waals surface area contributed by atoms with Crippen molar-refractivity contribution in [3.63, 3.8) is 0 Å². The molecule has 17 heavy (non-hydrogen) atoms. The highest BCUT2D eigenvalue weighted by Gasteiger charge is 2.14. The fourth-order valence-electron chi connectivity index (χ4n) is 1.71. The zero-order valence-electron chi connectivity index (χ0n) is 10.7. The second kappa shape index (κ2) is 9.39. The highest BCUT2D eigenvalue weighted by Crippen LogP contribution is 1.96. The maximum absolute atomic E-state index is 11.8. The maximum atomic E-state index is 11.8. The topological polar surface area (TPSA) is 50.8 Å². The lowest BCUT2D eigenvalue weighted by Gasteiger charge is -2.19. The zero-order chi connectivity index (χ0) is 12.3. The number of hydrogen-bond donors (Lipinski definition) is 1. The van der Waals surface area contributed by atoms with Crippen molar-refractivity contribution >= 4 is 5.91 Å². The summed E-state index contributed by atoms with van der Waals surface area (Å²) in [5, 5.41) is 3.27. The molecule has 1 fully saturated rings. The largest absolute Gasteiger partial charge is 0.379 e. The summed E-state index contributed by atoms with van der Waals surface area (Å²) < 4.78 is 10.6. The van der Waals surface area contributed by atoms with Crippen molar-refractivity contribution in [2.45, 2.75) is 19.8 Å². The zero-order valence-corrected chi connectivity index (χ0v) is 10.7. The number of nitrogens with zero attached hydrogens (tertiary/aromatic N) is 1. The minimum absolute atomic E-state index is 0.0872. The summed E-state index contributed by atoms with van der Waals surface area (Å²) >= 11 is 0. The van der Waals surface area contributed by atoms with Crippen molar-refractivity contribution in [2.24, 2.45) is 0 Å². The maximum Gasteiger partial charge on any atom is 0.248 e. The van der Waals surface area contributed by atoms with Crippen LogP contribution in [0.3, 0.4) is 0 Å². The van der Waals surface area contributed by atoms with Gasteiger partial charge in [0.25, 0.3) is 0 Å². The molecule has 1 heterocycles. The van der Waals surface area contributed by atoms with Crippen LogP contribution in [0.2, 0.25) is 0 Å². The summed E-state index contributed by atoms with van der Waals surface area (Å²) in [6.45, 7) is 7.57. The number of carbonyl (C=O) groups excluding carboxylic acids is 1. The fourth-order valence-corrected chi connectivity index (χ4v) is 1.71. The first kappa shape index (κ1) is 14.4. The smallest absolute Gasteiger partial charge is 0.248 e. The summed E-state index contributed by atoms with van der Waals surface area (Å²) in [7, 11) is 0. The van der Waals surface area contributed by atoms with E-state index in [0.29, 0.717) is 13.2 Å². The predicted octanol–water partition coefficient (Wildman–Crippen LogP) is 0.252. The second-order valence-corrected chi connectivity index (χ2v) is 4.15. The first-order valence-corrected chi connectivity index (χ1v) is 6.48. The van der Waals surface area contributed by atoms with Crippen molar-refractivity contribution < 1.29 is 14.3 Å². The third kappa shape index (κ3) is 6.61. The Kier molecular flexibility index (Phi) is 7.96. The van der Waals surface area contributed by atoms with E-state index in [2.05, 4.69) is 12.2 Å². The lowest BCUT2D eigenvalue weighted by Crippen LogP contribution is -2.36. The number of ether oxygens (including phenoxy) is 2. The van der Waals surface area contributed by atoms with Crippen molar-refractivity contribution in [3.05, 3.63) is 0 Å². The standard InChI is InChI=1S/C12H24N2O3/c1-2-8-16-9-10-17-11-12(15)14-6-3-4-13-5-7-14/h13H,2-11H2,1H3. The molecule has 1 rings (SSSR count). The Balaban J connectivity index is 2.03. The van der Waals surface area contributed by atoms with Gasteiger partial charge in [0, 0.05) is 26.2 Å². The van der Waals surface area contributed by atoms with E-state index in [1.54, 1.807) is 0 Å². The van der Waals surface area contributed by atoms with E-state index in [9.17, 15) is 4.79 Å². The molecule has 0 radical (unpaired) electrons. The van der Waals surface area contributed by atoms with Crippen molar-refractivity contribution in [1.29, 1.82) is 0 Å². The molecule has 5 nitrogen and oxygen atoms in total. The lowest BCUT2D eigenvalue weighted by atomic mass is 10.4. The average Bonchev–Trinajstić information content (AvgIpc) is 2.62. The van der Waals surface area contributed by atoms with Gasteiger partial charge in [-0.05, 0) is 19.4 Å². The van der Waals surface area contributed by atoms with E-state index in [1.165, 1.54) is 0 Å². The summed E-state index contributed by atoms with van der Waals surface area (Å²) in [6, 6.07) is 0. The first-order valence-electron chi connectivity index (χ1n) is 6.48. The van der Waals surface area contributed by atoms with Crippen LogP contribution in [0.25, 0.3) is 0 Å². The van der Waals surface area contributed by atoms with E-state index in [4.69, 9.17) is 9.47 Å². The van der Waals surface area contributed by atoms with Crippen LogP contribution in [0.5, 0.6) is 0 Å². The van der Waals surface area contributed by atoms with Gasteiger partial charge < -0.3 is 19.7 Å². The Labute approximate surface area is 103 Å². The highest BCUT2D eigenvalue weighted by atomic mass is 16.5. The van der Waals surface area contributed by atoms with E-state index in [1.807, 2.05) is 4.90 Å². The Bertz CT molecular complexity index is 204. The molecule has 1 saturated heterocycles. The molecule has 1 amide bonds. The Morgan fingerprint density at radius 3 is 2.82 bits per heavy atom. The van der Waals surface area contributed by atoms with Gasteiger partial charge in [-0.25, -0.2) is 0 Å². The van der Waals surface area contributed by atoms with Gasteiger partial charge in [-0.1, -0.05) is 6.92 Å². The van der Waals surface area contributed by atoms with Gasteiger partial charge in [0.1, 0.15) is 6.61 Å². The summed E-state index contributed by atoms with van der Waals surface area (Å²) in [6.07, 6.45) is 2.03. The van der Waals surface area contributed by atoms with Gasteiger partial charge in [0.15, 0.2) is 0 Å². The van der Waals surface area contributed by atoms with Gasteiger partial charge in [-0.3, -0.25) is 4.79 Å². The van der Waals surface area contributed by atoms with Crippen LogP contribution in [0.15, 0.2) is 0 Å². The Hall–Kier alpha value is -0.650. The molecule has 0 aromatic heterocycles. The third-order valence-corrected chi connectivity index (χ3v) is 2.64. The molecule has 0 aromatic carbocycles. The molecule has 1 aliphatic heterocycles.